The van der Waals surface area contributed by atoms with Crippen LogP contribution in [0.3, 0.4) is 0 Å². The largest absolute Gasteiger partial charge is 0.350 e. The number of fused-ring (bicyclic) bond motifs is 3. The number of hydrogen-bond acceptors (Lipinski definition) is 2. The van der Waals surface area contributed by atoms with E-state index in [2.05, 4.69) is 81.7 Å². The van der Waals surface area contributed by atoms with E-state index < -0.39 is 0 Å². The number of rotatable bonds is 2. The number of aryl methyl sites for hydroxylation is 2. The van der Waals surface area contributed by atoms with Crippen molar-refractivity contribution < 1.29 is 9.13 Å². The molecule has 0 spiro atoms. The standard InChI is InChI=1S/C24H22N4/c1-16-4-8-21(25-12-16)22-9-6-19(13-26-22)20-7-11-24-23-10-5-17(2)14-27(23)18(3)28(24)15-20/h4-15,18H,1-3H3/q+2. The highest BCUT2D eigenvalue weighted by molar-refractivity contribution is 5.65. The zero-order valence-electron chi connectivity index (χ0n) is 16.3. The average molecular weight is 366 g/mol. The topological polar surface area (TPSA) is 33.5 Å². The fraction of sp³-hybridized carbons (Fsp3) is 0.167. The van der Waals surface area contributed by atoms with Crippen molar-refractivity contribution in [2.75, 3.05) is 0 Å². The summed E-state index contributed by atoms with van der Waals surface area (Å²) in [7, 11) is 0. The summed E-state index contributed by atoms with van der Waals surface area (Å²) in [4.78, 5) is 9.11. The lowest BCUT2D eigenvalue weighted by molar-refractivity contribution is -0.906. The van der Waals surface area contributed by atoms with Crippen molar-refractivity contribution in [2.45, 2.75) is 26.9 Å². The van der Waals surface area contributed by atoms with Crippen molar-refractivity contribution in [3.05, 3.63) is 84.4 Å². The fourth-order valence-electron chi connectivity index (χ4n) is 3.84. The van der Waals surface area contributed by atoms with Crippen LogP contribution in [-0.2, 0) is 0 Å². The highest BCUT2D eigenvalue weighted by atomic mass is 15.3. The Morgan fingerprint density at radius 1 is 0.643 bits per heavy atom. The Balaban J connectivity index is 1.50. The number of aromatic nitrogens is 4. The summed E-state index contributed by atoms with van der Waals surface area (Å²) in [6.45, 7) is 6.40. The van der Waals surface area contributed by atoms with Gasteiger partial charge in [-0.15, -0.1) is 9.13 Å². The Hall–Kier alpha value is -3.40. The van der Waals surface area contributed by atoms with E-state index in [1.54, 1.807) is 0 Å². The SMILES string of the molecule is Cc1ccc(-c2ccc(-c3ccc4[n+](c3)C(C)[n+]3cc(C)ccc3-4)cn2)nc1. The molecule has 0 bridgehead atoms. The van der Waals surface area contributed by atoms with Gasteiger partial charge in [0.25, 0.3) is 11.4 Å². The van der Waals surface area contributed by atoms with Crippen molar-refractivity contribution in [3.8, 4) is 33.9 Å². The first kappa shape index (κ1) is 16.8. The Labute approximate surface area is 164 Å². The lowest BCUT2D eigenvalue weighted by Crippen LogP contribution is -2.50. The summed E-state index contributed by atoms with van der Waals surface area (Å²) < 4.78 is 4.67. The molecule has 0 saturated heterocycles. The van der Waals surface area contributed by atoms with Gasteiger partial charge in [-0.25, -0.2) is 0 Å². The van der Waals surface area contributed by atoms with Crippen molar-refractivity contribution >= 4 is 0 Å². The molecule has 0 saturated carbocycles. The van der Waals surface area contributed by atoms with Gasteiger partial charge in [0.05, 0.1) is 18.3 Å². The monoisotopic (exact) mass is 366 g/mol. The van der Waals surface area contributed by atoms with E-state index in [1.807, 2.05) is 31.5 Å². The zero-order chi connectivity index (χ0) is 19.3. The molecule has 5 heterocycles. The molecule has 1 aliphatic heterocycles. The third kappa shape index (κ3) is 2.69. The molecule has 0 radical (unpaired) electrons. The Morgan fingerprint density at radius 2 is 1.25 bits per heavy atom. The van der Waals surface area contributed by atoms with Crippen molar-refractivity contribution in [1.29, 1.82) is 0 Å². The van der Waals surface area contributed by atoms with E-state index in [9.17, 15) is 0 Å². The maximum absolute atomic E-state index is 4.64. The van der Waals surface area contributed by atoms with E-state index in [-0.39, 0.29) is 6.17 Å². The van der Waals surface area contributed by atoms with Gasteiger partial charge in [-0.2, -0.15) is 0 Å². The highest BCUT2D eigenvalue weighted by Crippen LogP contribution is 2.25. The zero-order valence-corrected chi connectivity index (χ0v) is 16.3. The summed E-state index contributed by atoms with van der Waals surface area (Å²) in [6, 6.07) is 17.0. The van der Waals surface area contributed by atoms with Crippen LogP contribution in [0.4, 0.5) is 0 Å². The molecule has 1 atom stereocenters. The van der Waals surface area contributed by atoms with Crippen LogP contribution < -0.4 is 9.13 Å². The highest BCUT2D eigenvalue weighted by Gasteiger charge is 2.40. The summed E-state index contributed by atoms with van der Waals surface area (Å²) in [5, 5.41) is 0. The van der Waals surface area contributed by atoms with Crippen LogP contribution in [0.1, 0.15) is 24.2 Å². The van der Waals surface area contributed by atoms with E-state index in [1.165, 1.54) is 17.0 Å². The predicted molar refractivity (Wildman–Crippen MR) is 108 cm³/mol. The molecular formula is C24H22N4+2. The normalized spacial score (nSPS) is 14.6. The molecule has 1 aliphatic rings. The number of nitrogens with zero attached hydrogens (tertiary/aromatic N) is 4. The molecule has 136 valence electrons. The van der Waals surface area contributed by atoms with Gasteiger partial charge >= 0.3 is 6.17 Å². The molecule has 4 aromatic rings. The second-order valence-corrected chi connectivity index (χ2v) is 7.49. The molecule has 4 nitrogen and oxygen atoms in total. The van der Waals surface area contributed by atoms with Crippen molar-refractivity contribution in [1.82, 2.24) is 9.97 Å². The maximum Gasteiger partial charge on any atom is 0.350 e. The van der Waals surface area contributed by atoms with E-state index in [0.29, 0.717) is 0 Å². The van der Waals surface area contributed by atoms with Crippen LogP contribution in [0.5, 0.6) is 0 Å². The molecule has 1 unspecified atom stereocenters. The molecule has 0 N–H and O–H groups in total. The van der Waals surface area contributed by atoms with Gasteiger partial charge in [0.2, 0.25) is 0 Å². The van der Waals surface area contributed by atoms with E-state index in [4.69, 9.17) is 0 Å². The molecule has 4 heteroatoms. The second kappa shape index (κ2) is 6.34. The number of hydrogen-bond donors (Lipinski definition) is 0. The molecule has 28 heavy (non-hydrogen) atoms. The van der Waals surface area contributed by atoms with Gasteiger partial charge in [-0.1, -0.05) is 12.1 Å². The minimum atomic E-state index is 0.258. The van der Waals surface area contributed by atoms with Gasteiger partial charge in [-0.3, -0.25) is 9.97 Å². The third-order valence-electron chi connectivity index (χ3n) is 5.44. The first-order chi connectivity index (χ1) is 13.6. The maximum atomic E-state index is 4.64. The quantitative estimate of drug-likeness (QED) is 0.502. The smallest absolute Gasteiger partial charge is 0.254 e. The Kier molecular flexibility index (Phi) is 3.79. The van der Waals surface area contributed by atoms with Crippen LogP contribution in [0, 0.1) is 13.8 Å². The van der Waals surface area contributed by atoms with E-state index in [0.717, 1.165) is 28.1 Å². The molecular weight excluding hydrogens is 344 g/mol. The van der Waals surface area contributed by atoms with Gasteiger partial charge < -0.3 is 0 Å². The molecule has 5 rings (SSSR count). The van der Waals surface area contributed by atoms with Crippen molar-refractivity contribution in [2.24, 2.45) is 0 Å². The minimum absolute atomic E-state index is 0.258. The molecule has 0 fully saturated rings. The third-order valence-corrected chi connectivity index (χ3v) is 5.44. The van der Waals surface area contributed by atoms with Gasteiger partial charge in [-0.05, 0) is 43.7 Å². The van der Waals surface area contributed by atoms with Gasteiger partial charge in [0.15, 0.2) is 12.4 Å². The first-order valence-electron chi connectivity index (χ1n) is 9.57. The summed E-state index contributed by atoms with van der Waals surface area (Å²) in [5.41, 5.74) is 8.98. The van der Waals surface area contributed by atoms with Crippen molar-refractivity contribution in [3.63, 3.8) is 0 Å². The van der Waals surface area contributed by atoms with Crippen LogP contribution >= 0.6 is 0 Å². The van der Waals surface area contributed by atoms with Gasteiger partial charge in [0.1, 0.15) is 0 Å². The molecule has 0 aliphatic carbocycles. The lowest BCUT2D eigenvalue weighted by Gasteiger charge is -2.04. The second-order valence-electron chi connectivity index (χ2n) is 7.49. The Morgan fingerprint density at radius 3 is 1.93 bits per heavy atom. The molecule has 0 amide bonds. The predicted octanol–water partition coefficient (Wildman–Crippen LogP) is 4.05. The van der Waals surface area contributed by atoms with E-state index >= 15 is 0 Å². The van der Waals surface area contributed by atoms with Crippen LogP contribution in [0.25, 0.3) is 33.9 Å². The summed E-state index contributed by atoms with van der Waals surface area (Å²) in [5.74, 6) is 0. The summed E-state index contributed by atoms with van der Waals surface area (Å²) >= 11 is 0. The molecule has 4 aromatic heterocycles. The van der Waals surface area contributed by atoms with Crippen LogP contribution in [0.2, 0.25) is 0 Å². The fourth-order valence-corrected chi connectivity index (χ4v) is 3.84. The minimum Gasteiger partial charge on any atom is -0.254 e. The average Bonchev–Trinajstić information content (AvgIpc) is 3.00. The van der Waals surface area contributed by atoms with Gasteiger partial charge in [0, 0.05) is 41.2 Å². The number of pyridine rings is 4. The summed E-state index contributed by atoms with van der Waals surface area (Å²) in [6.07, 6.45) is 8.51. The lowest BCUT2D eigenvalue weighted by atomic mass is 10.1. The Bertz CT molecular complexity index is 1180. The van der Waals surface area contributed by atoms with Crippen LogP contribution in [-0.4, -0.2) is 9.97 Å². The van der Waals surface area contributed by atoms with Crippen LogP contribution in [0.15, 0.2) is 73.3 Å². The first-order valence-corrected chi connectivity index (χ1v) is 9.57. The molecule has 0 aromatic carbocycles.